The van der Waals surface area contributed by atoms with E-state index in [0.29, 0.717) is 0 Å². The van der Waals surface area contributed by atoms with E-state index < -0.39 is 17.4 Å². The molecule has 0 aliphatic heterocycles. The molecule has 0 bridgehead atoms. The van der Waals surface area contributed by atoms with Crippen LogP contribution in [0.2, 0.25) is 0 Å². The van der Waals surface area contributed by atoms with Gasteiger partial charge < -0.3 is 5.11 Å². The third-order valence-corrected chi connectivity index (χ3v) is 2.10. The highest BCUT2D eigenvalue weighted by atomic mass is 19.1. The lowest BCUT2D eigenvalue weighted by Crippen LogP contribution is -1.90. The van der Waals surface area contributed by atoms with Crippen LogP contribution in [0.4, 0.5) is 8.78 Å². The summed E-state index contributed by atoms with van der Waals surface area (Å²) in [7, 11) is 0. The summed E-state index contributed by atoms with van der Waals surface area (Å²) in [5, 5.41) is 9.17. The van der Waals surface area contributed by atoms with Crippen LogP contribution in [0.15, 0.2) is 12.1 Å². The Balaban J connectivity index is 2.55. The van der Waals surface area contributed by atoms with Crippen LogP contribution >= 0.6 is 0 Å². The zero-order valence-corrected chi connectivity index (χ0v) is 6.35. The Morgan fingerprint density at radius 2 is 1.75 bits per heavy atom. The molecule has 0 unspecified atom stereocenters. The topological polar surface area (TPSA) is 20.2 Å². The van der Waals surface area contributed by atoms with Gasteiger partial charge in [-0.15, -0.1) is 0 Å². The molecule has 0 atom stereocenters. The van der Waals surface area contributed by atoms with Crippen molar-refractivity contribution in [3.63, 3.8) is 0 Å². The fourth-order valence-corrected chi connectivity index (χ4v) is 1.32. The molecule has 0 heterocycles. The van der Waals surface area contributed by atoms with Crippen LogP contribution in [-0.2, 0) is 0 Å². The molecule has 0 saturated heterocycles. The average molecular weight is 170 g/mol. The van der Waals surface area contributed by atoms with Crippen LogP contribution in [0.25, 0.3) is 0 Å². The second-order valence-electron chi connectivity index (χ2n) is 3.07. The molecule has 0 radical (unpaired) electrons. The van der Waals surface area contributed by atoms with Gasteiger partial charge in [0.25, 0.3) is 0 Å². The van der Waals surface area contributed by atoms with Crippen molar-refractivity contribution in [2.75, 3.05) is 0 Å². The summed E-state index contributed by atoms with van der Waals surface area (Å²) in [6, 6.07) is 2.00. The van der Waals surface area contributed by atoms with Crippen molar-refractivity contribution in [1.82, 2.24) is 0 Å². The van der Waals surface area contributed by atoms with Gasteiger partial charge >= 0.3 is 0 Å². The largest absolute Gasteiger partial charge is 0.505 e. The van der Waals surface area contributed by atoms with Crippen molar-refractivity contribution in [1.29, 1.82) is 0 Å². The number of halogens is 2. The maximum atomic E-state index is 13.0. The van der Waals surface area contributed by atoms with Gasteiger partial charge in [0.2, 0.25) is 0 Å². The van der Waals surface area contributed by atoms with Gasteiger partial charge in [0.15, 0.2) is 11.6 Å². The van der Waals surface area contributed by atoms with E-state index >= 15 is 0 Å². The first-order chi connectivity index (χ1) is 5.70. The third-order valence-electron chi connectivity index (χ3n) is 2.10. The molecule has 1 aliphatic carbocycles. The summed E-state index contributed by atoms with van der Waals surface area (Å²) in [6.07, 6.45) is 1.68. The molecule has 1 aromatic rings. The van der Waals surface area contributed by atoms with E-state index in [0.717, 1.165) is 25.0 Å². The molecule has 3 heteroatoms. The van der Waals surface area contributed by atoms with E-state index in [1.54, 1.807) is 0 Å². The number of phenols is 1. The molecule has 1 aromatic carbocycles. The van der Waals surface area contributed by atoms with Crippen molar-refractivity contribution >= 4 is 0 Å². The van der Waals surface area contributed by atoms with Crippen molar-refractivity contribution in [2.45, 2.75) is 18.8 Å². The van der Waals surface area contributed by atoms with Crippen molar-refractivity contribution in [3.8, 4) is 5.75 Å². The van der Waals surface area contributed by atoms with E-state index in [9.17, 15) is 13.9 Å². The van der Waals surface area contributed by atoms with Gasteiger partial charge in [-0.05, 0) is 30.9 Å². The molecule has 1 aliphatic rings. The van der Waals surface area contributed by atoms with Gasteiger partial charge in [-0.1, -0.05) is 0 Å². The first kappa shape index (κ1) is 7.53. The van der Waals surface area contributed by atoms with Gasteiger partial charge in [0.1, 0.15) is 5.82 Å². The lowest BCUT2D eigenvalue weighted by molar-refractivity contribution is 0.418. The zero-order valence-electron chi connectivity index (χ0n) is 6.35. The van der Waals surface area contributed by atoms with Crippen LogP contribution < -0.4 is 0 Å². The number of phenolic OH excluding ortho intramolecular Hbond substituents is 1. The molecule has 12 heavy (non-hydrogen) atoms. The Hall–Kier alpha value is -1.12. The normalized spacial score (nSPS) is 16.5. The fourth-order valence-electron chi connectivity index (χ4n) is 1.32. The highest BCUT2D eigenvalue weighted by Gasteiger charge is 2.30. The lowest BCUT2D eigenvalue weighted by Gasteiger charge is -2.04. The predicted molar refractivity (Wildman–Crippen MR) is 40.0 cm³/mol. The van der Waals surface area contributed by atoms with Crippen molar-refractivity contribution in [2.24, 2.45) is 0 Å². The summed E-state index contributed by atoms with van der Waals surface area (Å²) >= 11 is 0. The second kappa shape index (κ2) is 2.44. The number of aromatic hydroxyl groups is 1. The quantitative estimate of drug-likeness (QED) is 0.686. The molecule has 0 amide bonds. The Morgan fingerprint density at radius 3 is 2.33 bits per heavy atom. The minimum absolute atomic E-state index is 0.0284. The van der Waals surface area contributed by atoms with Crippen LogP contribution in [0, 0.1) is 11.6 Å². The first-order valence-electron chi connectivity index (χ1n) is 3.87. The summed E-state index contributed by atoms with van der Waals surface area (Å²) in [4.78, 5) is 0. The molecule has 0 spiro atoms. The highest BCUT2D eigenvalue weighted by molar-refractivity contribution is 5.39. The molecular weight excluding hydrogens is 162 g/mol. The van der Waals surface area contributed by atoms with Gasteiger partial charge in [-0.3, -0.25) is 0 Å². The van der Waals surface area contributed by atoms with Crippen LogP contribution in [0.3, 0.4) is 0 Å². The summed E-state index contributed by atoms with van der Waals surface area (Å²) in [5.41, 5.74) is 0.148. The maximum absolute atomic E-state index is 13.0. The Kier molecular flexibility index (Phi) is 1.53. The van der Waals surface area contributed by atoms with E-state index in [1.807, 2.05) is 0 Å². The van der Waals surface area contributed by atoms with E-state index in [2.05, 4.69) is 0 Å². The van der Waals surface area contributed by atoms with Gasteiger partial charge in [-0.2, -0.15) is 0 Å². The minimum Gasteiger partial charge on any atom is -0.505 e. The number of hydrogen-bond acceptors (Lipinski definition) is 1. The number of hydrogen-bond donors (Lipinski definition) is 1. The second-order valence-corrected chi connectivity index (χ2v) is 3.07. The molecule has 64 valence electrons. The minimum atomic E-state index is -0.738. The molecule has 1 fully saturated rings. The lowest BCUT2D eigenvalue weighted by atomic mass is 10.1. The molecule has 1 nitrogen and oxygen atoms in total. The zero-order chi connectivity index (χ0) is 8.72. The molecule has 2 rings (SSSR count). The predicted octanol–water partition coefficient (Wildman–Crippen LogP) is 2.55. The monoisotopic (exact) mass is 170 g/mol. The fraction of sp³-hybridized carbons (Fsp3) is 0.333. The van der Waals surface area contributed by atoms with Gasteiger partial charge in [0, 0.05) is 5.56 Å². The molecular formula is C9H8F2O. The molecule has 0 aromatic heterocycles. The van der Waals surface area contributed by atoms with E-state index in [1.165, 1.54) is 0 Å². The van der Waals surface area contributed by atoms with E-state index in [4.69, 9.17) is 0 Å². The van der Waals surface area contributed by atoms with Crippen molar-refractivity contribution < 1.29 is 13.9 Å². The molecule has 1 saturated carbocycles. The average Bonchev–Trinajstić information content (AvgIpc) is 2.81. The summed E-state index contributed by atoms with van der Waals surface area (Å²) in [6.45, 7) is 0. The summed E-state index contributed by atoms with van der Waals surface area (Å²) in [5.74, 6) is -1.73. The van der Waals surface area contributed by atoms with Crippen molar-refractivity contribution in [3.05, 3.63) is 29.3 Å². The summed E-state index contributed by atoms with van der Waals surface area (Å²) < 4.78 is 25.7. The van der Waals surface area contributed by atoms with Gasteiger partial charge in [-0.25, -0.2) is 8.78 Å². The Bertz CT molecular complexity index is 319. The first-order valence-corrected chi connectivity index (χ1v) is 3.87. The van der Waals surface area contributed by atoms with Crippen LogP contribution in [0.5, 0.6) is 5.75 Å². The standard InChI is InChI=1S/C9H8F2O/c10-6-3-4-7(11)9(12)8(6)5-1-2-5/h3-5,12H,1-2H2. The van der Waals surface area contributed by atoms with Gasteiger partial charge in [0.05, 0.1) is 0 Å². The third kappa shape index (κ3) is 1.05. The maximum Gasteiger partial charge on any atom is 0.165 e. The Labute approximate surface area is 68.6 Å². The smallest absolute Gasteiger partial charge is 0.165 e. The highest BCUT2D eigenvalue weighted by Crippen LogP contribution is 2.45. The number of rotatable bonds is 1. The molecule has 1 N–H and O–H groups in total. The Morgan fingerprint density at radius 1 is 1.17 bits per heavy atom. The van der Waals surface area contributed by atoms with E-state index in [-0.39, 0.29) is 11.5 Å². The van der Waals surface area contributed by atoms with Crippen LogP contribution in [0.1, 0.15) is 24.3 Å². The van der Waals surface area contributed by atoms with Crippen LogP contribution in [-0.4, -0.2) is 5.11 Å². The number of benzene rings is 1. The SMILES string of the molecule is Oc1c(F)ccc(F)c1C1CC1.